The molecule has 0 saturated carbocycles. The Bertz CT molecular complexity index is 762. The molecule has 1 heterocycles. The molecule has 136 valence electrons. The largest absolute Gasteiger partial charge is 0.454 e. The number of amides is 3. The fourth-order valence-electron chi connectivity index (χ4n) is 1.80. The third kappa shape index (κ3) is 6.73. The number of thiophene rings is 1. The lowest BCUT2D eigenvalue weighted by atomic mass is 10.3. The maximum Gasteiger partial charge on any atom is 0.325 e. The van der Waals surface area contributed by atoms with Gasteiger partial charge in [-0.2, -0.15) is 0 Å². The van der Waals surface area contributed by atoms with Crippen LogP contribution in [0.1, 0.15) is 9.67 Å². The summed E-state index contributed by atoms with van der Waals surface area (Å²) in [4.78, 5) is 46.9. The zero-order valence-corrected chi connectivity index (χ0v) is 14.5. The van der Waals surface area contributed by atoms with E-state index >= 15 is 0 Å². The molecule has 1 aromatic carbocycles. The molecule has 0 spiro atoms. The maximum absolute atomic E-state index is 11.7. The Morgan fingerprint density at radius 1 is 0.885 bits per heavy atom. The molecular weight excluding hydrogens is 358 g/mol. The molecule has 26 heavy (non-hydrogen) atoms. The van der Waals surface area contributed by atoms with Gasteiger partial charge in [0.05, 0.1) is 11.4 Å². The molecule has 8 nitrogen and oxygen atoms in total. The molecule has 1 aromatic heterocycles. The molecule has 2 aromatic rings. The molecular formula is C17H17N3O5S. The number of carbonyl (C=O) groups is 4. The summed E-state index contributed by atoms with van der Waals surface area (Å²) in [6.07, 6.45) is 0. The first-order chi connectivity index (χ1) is 12.5. The van der Waals surface area contributed by atoms with Crippen LogP contribution in [0.25, 0.3) is 0 Å². The Labute approximate surface area is 153 Å². The van der Waals surface area contributed by atoms with E-state index in [2.05, 4.69) is 16.0 Å². The van der Waals surface area contributed by atoms with Crippen LogP contribution < -0.4 is 16.0 Å². The minimum Gasteiger partial charge on any atom is -0.454 e. The van der Waals surface area contributed by atoms with Crippen LogP contribution in [0.3, 0.4) is 0 Å². The van der Waals surface area contributed by atoms with Gasteiger partial charge in [-0.1, -0.05) is 24.3 Å². The molecule has 0 aliphatic rings. The second-order valence-electron chi connectivity index (χ2n) is 5.01. The van der Waals surface area contributed by atoms with E-state index in [-0.39, 0.29) is 12.5 Å². The number of carbonyl (C=O) groups excluding carboxylic acids is 4. The number of benzene rings is 1. The highest BCUT2D eigenvalue weighted by molar-refractivity contribution is 7.12. The Hall–Kier alpha value is -3.20. The first kappa shape index (κ1) is 19.1. The summed E-state index contributed by atoms with van der Waals surface area (Å²) in [5.41, 5.74) is 0.586. The van der Waals surface area contributed by atoms with Crippen molar-refractivity contribution >= 4 is 40.7 Å². The normalized spacial score (nSPS) is 9.85. The van der Waals surface area contributed by atoms with Crippen molar-refractivity contribution in [3.63, 3.8) is 0 Å². The van der Waals surface area contributed by atoms with Gasteiger partial charge in [-0.25, -0.2) is 0 Å². The van der Waals surface area contributed by atoms with Gasteiger partial charge in [0.1, 0.15) is 6.54 Å². The van der Waals surface area contributed by atoms with Crippen LogP contribution in [-0.2, 0) is 19.1 Å². The fraction of sp³-hybridized carbons (Fsp3) is 0.176. The molecule has 3 N–H and O–H groups in total. The SMILES string of the molecule is O=C(CNC(=O)c1cccs1)NCC(=O)OCC(=O)Nc1ccccc1. The third-order valence-corrected chi connectivity index (χ3v) is 3.87. The van der Waals surface area contributed by atoms with Crippen LogP contribution in [0.15, 0.2) is 47.8 Å². The number of para-hydroxylation sites is 1. The number of rotatable bonds is 8. The second kappa shape index (κ2) is 9.94. The van der Waals surface area contributed by atoms with Crippen molar-refractivity contribution in [2.24, 2.45) is 0 Å². The summed E-state index contributed by atoms with van der Waals surface area (Å²) in [5, 5.41) is 9.04. The summed E-state index contributed by atoms with van der Waals surface area (Å²) >= 11 is 1.25. The summed E-state index contributed by atoms with van der Waals surface area (Å²) in [6, 6.07) is 12.1. The first-order valence-corrected chi connectivity index (χ1v) is 8.51. The van der Waals surface area contributed by atoms with E-state index in [9.17, 15) is 19.2 Å². The molecule has 0 unspecified atom stereocenters. The first-order valence-electron chi connectivity index (χ1n) is 7.63. The summed E-state index contributed by atoms with van der Waals surface area (Å²) in [5.74, 6) is -2.15. The van der Waals surface area contributed by atoms with Gasteiger partial charge in [-0.15, -0.1) is 11.3 Å². The maximum atomic E-state index is 11.7. The highest BCUT2D eigenvalue weighted by Crippen LogP contribution is 2.07. The van der Waals surface area contributed by atoms with Crippen molar-refractivity contribution in [3.8, 4) is 0 Å². The van der Waals surface area contributed by atoms with Crippen molar-refractivity contribution in [2.45, 2.75) is 0 Å². The van der Waals surface area contributed by atoms with Gasteiger partial charge < -0.3 is 20.7 Å². The number of anilines is 1. The molecule has 0 fully saturated rings. The number of hydrogen-bond acceptors (Lipinski definition) is 6. The number of nitrogens with one attached hydrogen (secondary N) is 3. The molecule has 0 bridgehead atoms. The van der Waals surface area contributed by atoms with E-state index in [1.807, 2.05) is 0 Å². The molecule has 0 aliphatic carbocycles. The Kier molecular flexibility index (Phi) is 7.31. The minimum atomic E-state index is -0.758. The van der Waals surface area contributed by atoms with Crippen LogP contribution in [0.2, 0.25) is 0 Å². The lowest BCUT2D eigenvalue weighted by Crippen LogP contribution is -2.39. The van der Waals surface area contributed by atoms with Gasteiger partial charge in [0.15, 0.2) is 6.61 Å². The van der Waals surface area contributed by atoms with E-state index in [1.165, 1.54) is 11.3 Å². The van der Waals surface area contributed by atoms with Crippen molar-refractivity contribution in [1.29, 1.82) is 0 Å². The summed E-state index contributed by atoms with van der Waals surface area (Å²) in [7, 11) is 0. The number of ether oxygens (including phenoxy) is 1. The number of esters is 1. The van der Waals surface area contributed by atoms with Crippen molar-refractivity contribution < 1.29 is 23.9 Å². The van der Waals surface area contributed by atoms with Gasteiger partial charge >= 0.3 is 5.97 Å². The molecule has 2 rings (SSSR count). The highest BCUT2D eigenvalue weighted by atomic mass is 32.1. The minimum absolute atomic E-state index is 0.265. The lowest BCUT2D eigenvalue weighted by molar-refractivity contribution is -0.147. The topological polar surface area (TPSA) is 114 Å². The van der Waals surface area contributed by atoms with Gasteiger partial charge in [0.25, 0.3) is 11.8 Å². The van der Waals surface area contributed by atoms with E-state index in [0.29, 0.717) is 10.6 Å². The monoisotopic (exact) mass is 375 g/mol. The standard InChI is InChI=1S/C17H17N3O5S/c21-14(9-19-17(24)13-7-4-8-26-13)18-10-16(23)25-11-15(22)20-12-5-2-1-3-6-12/h1-8H,9-11H2,(H,18,21)(H,19,24)(H,20,22). The Morgan fingerprint density at radius 3 is 2.35 bits per heavy atom. The molecule has 3 amide bonds. The van der Waals surface area contributed by atoms with E-state index in [0.717, 1.165) is 0 Å². The molecule has 0 saturated heterocycles. The fourth-order valence-corrected chi connectivity index (χ4v) is 2.44. The van der Waals surface area contributed by atoms with Gasteiger partial charge in [-0.05, 0) is 23.6 Å². The lowest BCUT2D eigenvalue weighted by Gasteiger charge is -2.08. The Morgan fingerprint density at radius 2 is 1.65 bits per heavy atom. The Balaban J connectivity index is 1.59. The second-order valence-corrected chi connectivity index (χ2v) is 5.96. The molecule has 0 radical (unpaired) electrons. The molecule has 0 atom stereocenters. The summed E-state index contributed by atoms with van der Waals surface area (Å²) in [6.45, 7) is -1.12. The van der Waals surface area contributed by atoms with Crippen LogP contribution in [0.4, 0.5) is 5.69 Å². The van der Waals surface area contributed by atoms with E-state index in [4.69, 9.17) is 4.74 Å². The van der Waals surface area contributed by atoms with Crippen LogP contribution in [-0.4, -0.2) is 43.4 Å². The van der Waals surface area contributed by atoms with Gasteiger partial charge in [-0.3, -0.25) is 19.2 Å². The van der Waals surface area contributed by atoms with E-state index < -0.39 is 30.9 Å². The smallest absolute Gasteiger partial charge is 0.325 e. The van der Waals surface area contributed by atoms with Gasteiger partial charge in [0.2, 0.25) is 5.91 Å². The molecule has 9 heteroatoms. The van der Waals surface area contributed by atoms with E-state index in [1.54, 1.807) is 47.8 Å². The zero-order valence-electron chi connectivity index (χ0n) is 13.7. The average molecular weight is 375 g/mol. The third-order valence-electron chi connectivity index (χ3n) is 3.01. The van der Waals surface area contributed by atoms with Crippen molar-refractivity contribution in [2.75, 3.05) is 25.0 Å². The quantitative estimate of drug-likeness (QED) is 0.590. The predicted molar refractivity (Wildman–Crippen MR) is 95.7 cm³/mol. The summed E-state index contributed by atoms with van der Waals surface area (Å²) < 4.78 is 4.76. The number of hydrogen-bond donors (Lipinski definition) is 3. The zero-order chi connectivity index (χ0) is 18.8. The van der Waals surface area contributed by atoms with Gasteiger partial charge in [0, 0.05) is 5.69 Å². The highest BCUT2D eigenvalue weighted by Gasteiger charge is 2.11. The van der Waals surface area contributed by atoms with Crippen molar-refractivity contribution in [3.05, 3.63) is 52.7 Å². The van der Waals surface area contributed by atoms with Crippen LogP contribution >= 0.6 is 11.3 Å². The van der Waals surface area contributed by atoms with Crippen LogP contribution in [0.5, 0.6) is 0 Å². The predicted octanol–water partition coefficient (Wildman–Crippen LogP) is 0.776. The van der Waals surface area contributed by atoms with Crippen molar-refractivity contribution in [1.82, 2.24) is 10.6 Å². The van der Waals surface area contributed by atoms with Crippen LogP contribution in [0, 0.1) is 0 Å². The average Bonchev–Trinajstić information content (AvgIpc) is 3.18. The molecule has 0 aliphatic heterocycles.